The Morgan fingerprint density at radius 2 is 2.06 bits per heavy atom. The number of nitrogens with zero attached hydrogens (tertiary/aromatic N) is 2. The van der Waals surface area contributed by atoms with Crippen LogP contribution in [0.4, 0.5) is 0 Å². The fourth-order valence-corrected chi connectivity index (χ4v) is 3.28. The number of rotatable bonds is 3. The molecule has 1 spiro atoms. The van der Waals surface area contributed by atoms with Crippen LogP contribution in [-0.4, -0.2) is 36.2 Å². The van der Waals surface area contributed by atoms with Gasteiger partial charge in [-0.25, -0.2) is 4.98 Å². The maximum atomic E-state index is 5.86. The third-order valence-electron chi connectivity index (χ3n) is 4.01. The van der Waals surface area contributed by atoms with Gasteiger partial charge >= 0.3 is 0 Å². The van der Waals surface area contributed by atoms with E-state index in [-0.39, 0.29) is 0 Å². The molecule has 1 atom stereocenters. The molecule has 0 saturated carbocycles. The number of likely N-dealkylation sites (tertiary alicyclic amines) is 1. The lowest BCUT2D eigenvalue weighted by Crippen LogP contribution is -2.66. The molecule has 1 aromatic rings. The van der Waals surface area contributed by atoms with Crippen molar-refractivity contribution in [3.8, 4) is 0 Å². The Morgan fingerprint density at radius 1 is 1.33 bits per heavy atom. The van der Waals surface area contributed by atoms with Gasteiger partial charge in [0, 0.05) is 30.7 Å². The molecule has 2 aliphatic heterocycles. The third-order valence-corrected chi connectivity index (χ3v) is 4.23. The summed E-state index contributed by atoms with van der Waals surface area (Å²) in [4.78, 5) is 6.75. The molecule has 3 nitrogen and oxygen atoms in total. The van der Waals surface area contributed by atoms with E-state index < -0.39 is 0 Å². The molecule has 2 aliphatic rings. The van der Waals surface area contributed by atoms with Crippen LogP contribution in [0.2, 0.25) is 5.15 Å². The summed E-state index contributed by atoms with van der Waals surface area (Å²) in [5, 5.41) is 0.564. The lowest BCUT2D eigenvalue weighted by molar-refractivity contribution is -0.202. The maximum Gasteiger partial charge on any atom is 0.129 e. The Balaban J connectivity index is 1.75. The Morgan fingerprint density at radius 3 is 2.50 bits per heavy atom. The maximum absolute atomic E-state index is 5.86. The van der Waals surface area contributed by atoms with Crippen LogP contribution >= 0.6 is 11.6 Å². The summed E-state index contributed by atoms with van der Waals surface area (Å²) >= 11 is 5.86. The standard InChI is InChI=1S/C14H19ClN2O/c1-10(2)13(11-3-4-12(15)16-5-11)17-6-14(7-17)8-18-9-14/h3-5,10,13H,6-9H2,1-2H3. The van der Waals surface area contributed by atoms with Crippen molar-refractivity contribution in [2.24, 2.45) is 11.3 Å². The van der Waals surface area contributed by atoms with Crippen molar-refractivity contribution < 1.29 is 4.74 Å². The van der Waals surface area contributed by atoms with Crippen LogP contribution in [-0.2, 0) is 4.74 Å². The van der Waals surface area contributed by atoms with E-state index in [9.17, 15) is 0 Å². The lowest BCUT2D eigenvalue weighted by Gasteiger charge is -2.58. The molecular weight excluding hydrogens is 248 g/mol. The first kappa shape index (κ1) is 12.4. The first-order valence-corrected chi connectivity index (χ1v) is 6.91. The average molecular weight is 267 g/mol. The summed E-state index contributed by atoms with van der Waals surface area (Å²) in [6.07, 6.45) is 1.91. The summed E-state index contributed by atoms with van der Waals surface area (Å²) in [7, 11) is 0. The van der Waals surface area contributed by atoms with Gasteiger partial charge in [0.2, 0.25) is 0 Å². The molecule has 18 heavy (non-hydrogen) atoms. The zero-order valence-corrected chi connectivity index (χ0v) is 11.7. The van der Waals surface area contributed by atoms with Gasteiger partial charge in [-0.2, -0.15) is 0 Å². The second kappa shape index (κ2) is 4.48. The van der Waals surface area contributed by atoms with E-state index in [1.165, 1.54) is 5.56 Å². The Bertz CT molecular complexity index is 420. The molecule has 2 saturated heterocycles. The fourth-order valence-electron chi connectivity index (χ4n) is 3.16. The van der Waals surface area contributed by atoms with Gasteiger partial charge in [-0.05, 0) is 17.5 Å². The Kier molecular flexibility index (Phi) is 3.08. The van der Waals surface area contributed by atoms with E-state index in [0.29, 0.717) is 22.5 Å². The highest BCUT2D eigenvalue weighted by Gasteiger charge is 2.51. The topological polar surface area (TPSA) is 25.4 Å². The minimum atomic E-state index is 0.445. The van der Waals surface area contributed by atoms with Crippen molar-refractivity contribution >= 4 is 11.6 Å². The van der Waals surface area contributed by atoms with Crippen LogP contribution in [0, 0.1) is 11.3 Å². The van der Waals surface area contributed by atoms with Crippen molar-refractivity contribution in [1.82, 2.24) is 9.88 Å². The van der Waals surface area contributed by atoms with Crippen molar-refractivity contribution in [3.63, 3.8) is 0 Å². The number of halogens is 1. The molecule has 98 valence electrons. The molecule has 0 amide bonds. The fraction of sp³-hybridized carbons (Fsp3) is 0.643. The van der Waals surface area contributed by atoms with Crippen LogP contribution in [0.15, 0.2) is 18.3 Å². The molecular formula is C14H19ClN2O. The minimum Gasteiger partial charge on any atom is -0.380 e. The van der Waals surface area contributed by atoms with Gasteiger partial charge in [0.1, 0.15) is 5.15 Å². The molecule has 3 heterocycles. The number of ether oxygens (including phenoxy) is 1. The molecule has 0 aromatic carbocycles. The monoisotopic (exact) mass is 266 g/mol. The predicted octanol–water partition coefficient (Wildman–Crippen LogP) is 2.76. The smallest absolute Gasteiger partial charge is 0.129 e. The van der Waals surface area contributed by atoms with Crippen LogP contribution in [0.1, 0.15) is 25.5 Å². The normalized spacial score (nSPS) is 23.8. The zero-order valence-electron chi connectivity index (χ0n) is 10.9. The van der Waals surface area contributed by atoms with Crippen LogP contribution in [0.5, 0.6) is 0 Å². The van der Waals surface area contributed by atoms with Gasteiger partial charge in [-0.15, -0.1) is 0 Å². The van der Waals surface area contributed by atoms with Gasteiger partial charge in [0.15, 0.2) is 0 Å². The molecule has 1 aromatic heterocycles. The summed E-state index contributed by atoms with van der Waals surface area (Å²) in [6, 6.07) is 4.43. The number of hydrogen-bond donors (Lipinski definition) is 0. The summed E-state index contributed by atoms with van der Waals surface area (Å²) in [6.45, 7) is 8.71. The van der Waals surface area contributed by atoms with E-state index >= 15 is 0 Å². The van der Waals surface area contributed by atoms with Crippen LogP contribution in [0.25, 0.3) is 0 Å². The van der Waals surface area contributed by atoms with E-state index in [0.717, 1.165) is 26.3 Å². The minimum absolute atomic E-state index is 0.445. The SMILES string of the molecule is CC(C)C(c1ccc(Cl)nc1)N1CC2(COC2)C1. The van der Waals surface area contributed by atoms with Gasteiger partial charge in [-0.1, -0.05) is 31.5 Å². The summed E-state index contributed by atoms with van der Waals surface area (Å²) in [5.74, 6) is 0.575. The quantitative estimate of drug-likeness (QED) is 0.787. The third kappa shape index (κ3) is 2.04. The predicted molar refractivity (Wildman–Crippen MR) is 71.7 cm³/mol. The average Bonchev–Trinajstić information content (AvgIpc) is 2.21. The molecule has 3 rings (SSSR count). The molecule has 4 heteroatoms. The van der Waals surface area contributed by atoms with Crippen molar-refractivity contribution in [2.75, 3.05) is 26.3 Å². The zero-order chi connectivity index (χ0) is 12.8. The second-order valence-electron chi connectivity index (χ2n) is 6.00. The van der Waals surface area contributed by atoms with Crippen molar-refractivity contribution in [3.05, 3.63) is 29.0 Å². The first-order valence-electron chi connectivity index (χ1n) is 6.53. The van der Waals surface area contributed by atoms with E-state index in [2.05, 4.69) is 29.8 Å². The van der Waals surface area contributed by atoms with Crippen molar-refractivity contribution in [2.45, 2.75) is 19.9 Å². The molecule has 0 radical (unpaired) electrons. The van der Waals surface area contributed by atoms with Gasteiger partial charge in [-0.3, -0.25) is 4.90 Å². The Hall–Kier alpha value is -0.640. The highest BCUT2D eigenvalue weighted by molar-refractivity contribution is 6.29. The second-order valence-corrected chi connectivity index (χ2v) is 6.39. The molecule has 1 unspecified atom stereocenters. The van der Waals surface area contributed by atoms with Gasteiger partial charge < -0.3 is 4.74 Å². The van der Waals surface area contributed by atoms with Crippen LogP contribution < -0.4 is 0 Å². The first-order chi connectivity index (χ1) is 8.60. The number of pyridine rings is 1. The van der Waals surface area contributed by atoms with Gasteiger partial charge in [0.25, 0.3) is 0 Å². The lowest BCUT2D eigenvalue weighted by atomic mass is 9.75. The number of aromatic nitrogens is 1. The highest BCUT2D eigenvalue weighted by Crippen LogP contribution is 2.44. The summed E-state index contributed by atoms with van der Waals surface area (Å²) in [5.41, 5.74) is 1.73. The summed E-state index contributed by atoms with van der Waals surface area (Å²) < 4.78 is 5.33. The number of hydrogen-bond acceptors (Lipinski definition) is 3. The molecule has 0 N–H and O–H groups in total. The van der Waals surface area contributed by atoms with E-state index in [1.54, 1.807) is 0 Å². The van der Waals surface area contributed by atoms with Crippen LogP contribution in [0.3, 0.4) is 0 Å². The highest BCUT2D eigenvalue weighted by atomic mass is 35.5. The van der Waals surface area contributed by atoms with Crippen molar-refractivity contribution in [1.29, 1.82) is 0 Å². The molecule has 0 bridgehead atoms. The largest absolute Gasteiger partial charge is 0.380 e. The molecule has 0 aliphatic carbocycles. The Labute approximate surface area is 113 Å². The van der Waals surface area contributed by atoms with Gasteiger partial charge in [0.05, 0.1) is 13.2 Å². The van der Waals surface area contributed by atoms with E-state index in [4.69, 9.17) is 16.3 Å². The molecule has 2 fully saturated rings. The van der Waals surface area contributed by atoms with E-state index in [1.807, 2.05) is 12.3 Å².